The Bertz CT molecular complexity index is 838. The molecule has 0 spiro atoms. The lowest BCUT2D eigenvalue weighted by atomic mass is 9.44. The van der Waals surface area contributed by atoms with Gasteiger partial charge in [-0.25, -0.2) is 0 Å². The van der Waals surface area contributed by atoms with Gasteiger partial charge in [0.2, 0.25) is 0 Å². The molecular weight excluding hydrogens is 376 g/mol. The summed E-state index contributed by atoms with van der Waals surface area (Å²) in [6.07, 6.45) is 10.1. The van der Waals surface area contributed by atoms with Crippen LogP contribution in [0.2, 0.25) is 0 Å². The summed E-state index contributed by atoms with van der Waals surface area (Å²) in [6.45, 7) is 8.55. The summed E-state index contributed by atoms with van der Waals surface area (Å²) >= 11 is 0. The Morgan fingerprint density at radius 1 is 1.03 bits per heavy atom. The second-order valence-corrected chi connectivity index (χ2v) is 11.6. The van der Waals surface area contributed by atoms with Gasteiger partial charge in [-0.3, -0.25) is 14.4 Å². The van der Waals surface area contributed by atoms with Crippen molar-refractivity contribution >= 4 is 17.5 Å². The summed E-state index contributed by atoms with van der Waals surface area (Å²) in [6, 6.07) is 0. The first-order valence-corrected chi connectivity index (χ1v) is 12.1. The lowest BCUT2D eigenvalue weighted by Crippen LogP contribution is -2.59. The third-order valence-corrected chi connectivity index (χ3v) is 10.2. The fraction of sp³-hybridized carbons (Fsp3) is 0.808. The van der Waals surface area contributed by atoms with E-state index < -0.39 is 5.60 Å². The van der Waals surface area contributed by atoms with Crippen molar-refractivity contribution in [2.24, 2.45) is 40.4 Å². The zero-order valence-electron chi connectivity index (χ0n) is 19.0. The Hall–Kier alpha value is -1.45. The van der Waals surface area contributed by atoms with Gasteiger partial charge in [0.25, 0.3) is 0 Å². The molecule has 4 fully saturated rings. The van der Waals surface area contributed by atoms with Crippen LogP contribution in [0.4, 0.5) is 0 Å². The standard InChI is InChI=1S/C26H36O4/c1-15-13-19-20(24(3)10-7-18(28)14-22(15)24)8-11-25(4)21(19)9-12-26(25,16(2)27)30-23(29)17-5-6-17/h14-15,17,19-21H,5-13H2,1-4H3/t15-,19+,20-,21?,24+,25-,26-/m0/s1. The van der Waals surface area contributed by atoms with E-state index in [9.17, 15) is 14.4 Å². The van der Waals surface area contributed by atoms with Gasteiger partial charge in [0.15, 0.2) is 17.2 Å². The molecule has 0 saturated heterocycles. The molecule has 0 heterocycles. The highest BCUT2D eigenvalue weighted by molar-refractivity contribution is 5.92. The Kier molecular flexibility index (Phi) is 4.45. The molecule has 4 saturated carbocycles. The zero-order chi connectivity index (χ0) is 21.5. The number of Topliss-reactive ketones (excluding diaryl/α,β-unsaturated/α-hetero) is 1. The van der Waals surface area contributed by atoms with Crippen molar-refractivity contribution in [2.75, 3.05) is 0 Å². The summed E-state index contributed by atoms with van der Waals surface area (Å²) in [5, 5.41) is 0. The smallest absolute Gasteiger partial charge is 0.309 e. The topological polar surface area (TPSA) is 60.4 Å². The van der Waals surface area contributed by atoms with Crippen LogP contribution >= 0.6 is 0 Å². The molecule has 5 rings (SSSR count). The van der Waals surface area contributed by atoms with Gasteiger partial charge < -0.3 is 4.74 Å². The third kappa shape index (κ3) is 2.61. The lowest BCUT2D eigenvalue weighted by molar-refractivity contribution is -0.190. The lowest BCUT2D eigenvalue weighted by Gasteiger charge is -2.60. The van der Waals surface area contributed by atoms with Crippen molar-refractivity contribution in [1.82, 2.24) is 0 Å². The van der Waals surface area contributed by atoms with Crippen molar-refractivity contribution in [3.8, 4) is 0 Å². The van der Waals surface area contributed by atoms with Crippen molar-refractivity contribution in [3.05, 3.63) is 11.6 Å². The summed E-state index contributed by atoms with van der Waals surface area (Å²) in [4.78, 5) is 37.9. The van der Waals surface area contributed by atoms with Crippen molar-refractivity contribution in [1.29, 1.82) is 0 Å². The largest absolute Gasteiger partial charge is 0.450 e. The highest BCUT2D eigenvalue weighted by Crippen LogP contribution is 2.69. The molecule has 0 amide bonds. The van der Waals surface area contributed by atoms with Crippen LogP contribution in [0.25, 0.3) is 0 Å². The number of carbonyl (C=O) groups excluding carboxylic acids is 3. The van der Waals surface area contributed by atoms with Gasteiger partial charge in [0.05, 0.1) is 5.92 Å². The molecule has 7 atom stereocenters. The van der Waals surface area contributed by atoms with Gasteiger partial charge in [-0.2, -0.15) is 0 Å². The van der Waals surface area contributed by atoms with E-state index in [1.807, 2.05) is 6.08 Å². The van der Waals surface area contributed by atoms with Gasteiger partial charge in [-0.15, -0.1) is 0 Å². The Morgan fingerprint density at radius 2 is 1.73 bits per heavy atom. The number of hydrogen-bond donors (Lipinski definition) is 0. The van der Waals surface area contributed by atoms with E-state index in [-0.39, 0.29) is 34.3 Å². The van der Waals surface area contributed by atoms with E-state index in [2.05, 4.69) is 20.8 Å². The third-order valence-electron chi connectivity index (χ3n) is 10.2. The number of rotatable bonds is 3. The molecule has 5 aliphatic rings. The molecular formula is C26H36O4. The first-order chi connectivity index (χ1) is 14.1. The maximum Gasteiger partial charge on any atom is 0.309 e. The highest BCUT2D eigenvalue weighted by atomic mass is 16.6. The van der Waals surface area contributed by atoms with Crippen LogP contribution in [0.1, 0.15) is 85.5 Å². The van der Waals surface area contributed by atoms with Crippen molar-refractivity contribution in [3.63, 3.8) is 0 Å². The molecule has 0 aromatic rings. The molecule has 0 bridgehead atoms. The predicted molar refractivity (Wildman–Crippen MR) is 113 cm³/mol. The summed E-state index contributed by atoms with van der Waals surface area (Å²) in [5.74, 6) is 2.11. The van der Waals surface area contributed by atoms with Gasteiger partial charge in [-0.1, -0.05) is 26.3 Å². The van der Waals surface area contributed by atoms with Crippen LogP contribution in [-0.2, 0) is 19.1 Å². The summed E-state index contributed by atoms with van der Waals surface area (Å²) in [5.41, 5.74) is 0.265. The first kappa shape index (κ1) is 20.5. The first-order valence-electron chi connectivity index (χ1n) is 12.1. The molecule has 30 heavy (non-hydrogen) atoms. The van der Waals surface area contributed by atoms with Gasteiger partial charge in [-0.05, 0) is 93.5 Å². The van der Waals surface area contributed by atoms with Crippen LogP contribution in [0.3, 0.4) is 0 Å². The fourth-order valence-corrected chi connectivity index (χ4v) is 8.37. The Morgan fingerprint density at radius 3 is 2.40 bits per heavy atom. The number of ketones is 2. The zero-order valence-corrected chi connectivity index (χ0v) is 19.0. The number of esters is 1. The number of allylic oxidation sites excluding steroid dienone is 1. The molecule has 5 aliphatic carbocycles. The molecule has 0 aliphatic heterocycles. The van der Waals surface area contributed by atoms with Crippen LogP contribution < -0.4 is 0 Å². The minimum Gasteiger partial charge on any atom is -0.450 e. The number of fused-ring (bicyclic) bond motifs is 5. The average molecular weight is 413 g/mol. The van der Waals surface area contributed by atoms with Crippen molar-refractivity contribution < 1.29 is 19.1 Å². The Balaban J connectivity index is 1.50. The summed E-state index contributed by atoms with van der Waals surface area (Å²) < 4.78 is 6.16. The number of hydrogen-bond acceptors (Lipinski definition) is 4. The molecule has 4 nitrogen and oxygen atoms in total. The second-order valence-electron chi connectivity index (χ2n) is 11.6. The quantitative estimate of drug-likeness (QED) is 0.609. The van der Waals surface area contributed by atoms with Gasteiger partial charge in [0.1, 0.15) is 0 Å². The molecule has 0 N–H and O–H groups in total. The van der Waals surface area contributed by atoms with E-state index in [4.69, 9.17) is 4.74 Å². The molecule has 0 aromatic heterocycles. The highest BCUT2D eigenvalue weighted by Gasteiger charge is 2.68. The SMILES string of the molecule is CC(=O)[C@@]1(OC(=O)C2CC2)CCC2[C@@H]3C[C@H](C)C4=CC(=O)CC[C@]4(C)[C@H]3CC[C@@]21C. The summed E-state index contributed by atoms with van der Waals surface area (Å²) in [7, 11) is 0. The molecule has 4 heteroatoms. The van der Waals surface area contributed by atoms with Crippen LogP contribution in [0, 0.1) is 40.4 Å². The number of carbonyl (C=O) groups is 3. The maximum absolute atomic E-state index is 13.0. The minimum atomic E-state index is -0.939. The van der Waals surface area contributed by atoms with E-state index in [1.54, 1.807) is 6.92 Å². The maximum atomic E-state index is 13.0. The Labute approximate surface area is 180 Å². The van der Waals surface area contributed by atoms with E-state index >= 15 is 0 Å². The van der Waals surface area contributed by atoms with Crippen LogP contribution in [-0.4, -0.2) is 23.1 Å². The fourth-order valence-electron chi connectivity index (χ4n) is 8.37. The second kappa shape index (κ2) is 6.53. The van der Waals surface area contributed by atoms with Gasteiger partial charge in [0, 0.05) is 11.8 Å². The van der Waals surface area contributed by atoms with E-state index in [1.165, 1.54) is 5.57 Å². The van der Waals surface area contributed by atoms with E-state index in [0.29, 0.717) is 36.5 Å². The molecule has 164 valence electrons. The predicted octanol–water partition coefficient (Wildman–Crippen LogP) is 5.05. The van der Waals surface area contributed by atoms with Crippen LogP contribution in [0.5, 0.6) is 0 Å². The normalized spacial score (nSPS) is 47.6. The molecule has 0 radical (unpaired) electrons. The average Bonchev–Trinajstić information content (AvgIpc) is 3.48. The van der Waals surface area contributed by atoms with Crippen molar-refractivity contribution in [2.45, 2.75) is 91.1 Å². The monoisotopic (exact) mass is 412 g/mol. The molecule has 1 unspecified atom stereocenters. The van der Waals surface area contributed by atoms with E-state index in [0.717, 1.165) is 44.9 Å². The minimum absolute atomic E-state index is 0.0151. The van der Waals surface area contributed by atoms with Crippen LogP contribution in [0.15, 0.2) is 11.6 Å². The van der Waals surface area contributed by atoms with Gasteiger partial charge >= 0.3 is 5.97 Å². The molecule has 0 aromatic carbocycles. The number of ether oxygens (including phenoxy) is 1.